The predicted molar refractivity (Wildman–Crippen MR) is 47.2 cm³/mol. The van der Waals surface area contributed by atoms with Crippen LogP contribution in [0.25, 0.3) is 0 Å². The molecular weight excluding hydrogens is 138 g/mol. The summed E-state index contributed by atoms with van der Waals surface area (Å²) in [6, 6.07) is 0. The van der Waals surface area contributed by atoms with E-state index in [0.717, 1.165) is 12.0 Å². The second kappa shape index (κ2) is 5.47. The standard InChI is InChI=1S/C9H13NO/c1-4-8(3)6-7-10-9(11)5-2/h4-5H,1-3,6-7H2,(H,10,11). The van der Waals surface area contributed by atoms with E-state index >= 15 is 0 Å². The summed E-state index contributed by atoms with van der Waals surface area (Å²) in [4.78, 5) is 10.6. The van der Waals surface area contributed by atoms with Gasteiger partial charge >= 0.3 is 0 Å². The molecule has 11 heavy (non-hydrogen) atoms. The van der Waals surface area contributed by atoms with Crippen LogP contribution in [0.1, 0.15) is 6.42 Å². The van der Waals surface area contributed by atoms with E-state index in [1.807, 2.05) is 0 Å². The van der Waals surface area contributed by atoms with Crippen LogP contribution in [0.4, 0.5) is 0 Å². The van der Waals surface area contributed by atoms with Crippen LogP contribution in [0, 0.1) is 0 Å². The predicted octanol–water partition coefficient (Wildman–Crippen LogP) is 1.42. The van der Waals surface area contributed by atoms with Crippen molar-refractivity contribution in [1.82, 2.24) is 5.32 Å². The van der Waals surface area contributed by atoms with E-state index in [0.29, 0.717) is 6.54 Å². The van der Waals surface area contributed by atoms with Gasteiger partial charge in [0.2, 0.25) is 5.91 Å². The second-order valence-corrected chi connectivity index (χ2v) is 2.11. The molecule has 2 nitrogen and oxygen atoms in total. The summed E-state index contributed by atoms with van der Waals surface area (Å²) in [5, 5.41) is 2.63. The van der Waals surface area contributed by atoms with Crippen molar-refractivity contribution in [2.24, 2.45) is 0 Å². The van der Waals surface area contributed by atoms with Crippen LogP contribution in [0.15, 0.2) is 37.5 Å². The Balaban J connectivity index is 3.41. The zero-order valence-corrected chi connectivity index (χ0v) is 6.60. The summed E-state index contributed by atoms with van der Waals surface area (Å²) >= 11 is 0. The number of hydrogen-bond donors (Lipinski definition) is 1. The molecule has 1 amide bonds. The SMILES string of the molecule is C=CC(=C)CCNC(=O)C=C. The molecule has 0 aromatic rings. The van der Waals surface area contributed by atoms with Gasteiger partial charge in [0.1, 0.15) is 0 Å². The van der Waals surface area contributed by atoms with Crippen molar-refractivity contribution in [3.05, 3.63) is 37.5 Å². The van der Waals surface area contributed by atoms with Crippen LogP contribution < -0.4 is 5.32 Å². The maximum atomic E-state index is 10.6. The fraction of sp³-hybridized carbons (Fsp3) is 0.222. The first kappa shape index (κ1) is 9.69. The lowest BCUT2D eigenvalue weighted by molar-refractivity contribution is -0.116. The van der Waals surface area contributed by atoms with E-state index in [4.69, 9.17) is 0 Å². The Morgan fingerprint density at radius 2 is 2.00 bits per heavy atom. The third kappa shape index (κ3) is 5.15. The molecule has 0 saturated carbocycles. The first-order chi connectivity index (χ1) is 5.20. The van der Waals surface area contributed by atoms with E-state index in [2.05, 4.69) is 25.1 Å². The molecule has 0 heterocycles. The highest BCUT2D eigenvalue weighted by atomic mass is 16.1. The van der Waals surface area contributed by atoms with Crippen LogP contribution in [-0.2, 0) is 4.79 Å². The Hall–Kier alpha value is -1.31. The molecule has 60 valence electrons. The maximum absolute atomic E-state index is 10.6. The highest BCUT2D eigenvalue weighted by Gasteiger charge is 1.92. The van der Waals surface area contributed by atoms with Crippen LogP contribution in [0.2, 0.25) is 0 Å². The third-order valence-electron chi connectivity index (χ3n) is 1.22. The lowest BCUT2D eigenvalue weighted by atomic mass is 10.2. The van der Waals surface area contributed by atoms with Crippen molar-refractivity contribution in [2.45, 2.75) is 6.42 Å². The van der Waals surface area contributed by atoms with Gasteiger partial charge in [-0.2, -0.15) is 0 Å². The number of hydrogen-bond acceptors (Lipinski definition) is 1. The molecule has 0 fully saturated rings. The minimum absolute atomic E-state index is 0.151. The Morgan fingerprint density at radius 3 is 2.45 bits per heavy atom. The molecular formula is C9H13NO. The molecule has 0 bridgehead atoms. The Bertz CT molecular complexity index is 162. The number of amides is 1. The molecule has 0 rings (SSSR count). The largest absolute Gasteiger partial charge is 0.352 e. The fourth-order valence-corrected chi connectivity index (χ4v) is 0.520. The average Bonchev–Trinajstić information content (AvgIpc) is 2.04. The molecule has 0 saturated heterocycles. The lowest BCUT2D eigenvalue weighted by Crippen LogP contribution is -2.21. The monoisotopic (exact) mass is 151 g/mol. The molecule has 0 aromatic heterocycles. The van der Waals surface area contributed by atoms with E-state index in [1.54, 1.807) is 6.08 Å². The molecule has 2 heteroatoms. The van der Waals surface area contributed by atoms with Gasteiger partial charge in [0.05, 0.1) is 0 Å². The summed E-state index contributed by atoms with van der Waals surface area (Å²) in [5.41, 5.74) is 0.925. The van der Waals surface area contributed by atoms with Crippen LogP contribution in [-0.4, -0.2) is 12.5 Å². The van der Waals surface area contributed by atoms with E-state index in [1.165, 1.54) is 6.08 Å². The Morgan fingerprint density at radius 1 is 1.36 bits per heavy atom. The number of allylic oxidation sites excluding steroid dienone is 1. The maximum Gasteiger partial charge on any atom is 0.243 e. The Kier molecular flexibility index (Phi) is 4.82. The number of nitrogens with one attached hydrogen (secondary N) is 1. The molecule has 0 unspecified atom stereocenters. The summed E-state index contributed by atoms with van der Waals surface area (Å²) in [7, 11) is 0. The van der Waals surface area contributed by atoms with Gasteiger partial charge in [-0.15, -0.1) is 0 Å². The Labute approximate surface area is 67.3 Å². The molecule has 0 aliphatic rings. The minimum Gasteiger partial charge on any atom is -0.352 e. The minimum atomic E-state index is -0.151. The van der Waals surface area contributed by atoms with Crippen LogP contribution in [0.5, 0.6) is 0 Å². The van der Waals surface area contributed by atoms with Crippen molar-refractivity contribution in [1.29, 1.82) is 0 Å². The van der Waals surface area contributed by atoms with Crippen molar-refractivity contribution < 1.29 is 4.79 Å². The van der Waals surface area contributed by atoms with Crippen molar-refractivity contribution >= 4 is 5.91 Å². The van der Waals surface area contributed by atoms with Crippen LogP contribution >= 0.6 is 0 Å². The third-order valence-corrected chi connectivity index (χ3v) is 1.22. The van der Waals surface area contributed by atoms with Gasteiger partial charge in [-0.25, -0.2) is 0 Å². The highest BCUT2D eigenvalue weighted by Crippen LogP contribution is 1.95. The van der Waals surface area contributed by atoms with Gasteiger partial charge in [-0.3, -0.25) is 4.79 Å². The average molecular weight is 151 g/mol. The molecule has 0 aliphatic heterocycles. The van der Waals surface area contributed by atoms with Gasteiger partial charge in [-0.05, 0) is 12.5 Å². The highest BCUT2D eigenvalue weighted by molar-refractivity contribution is 5.86. The first-order valence-corrected chi connectivity index (χ1v) is 3.41. The number of rotatable bonds is 5. The summed E-state index contributed by atoms with van der Waals surface area (Å²) in [6.45, 7) is 11.2. The summed E-state index contributed by atoms with van der Waals surface area (Å²) in [6.07, 6.45) is 3.67. The van der Waals surface area contributed by atoms with Gasteiger partial charge in [0.25, 0.3) is 0 Å². The van der Waals surface area contributed by atoms with E-state index < -0.39 is 0 Å². The molecule has 0 radical (unpaired) electrons. The van der Waals surface area contributed by atoms with Crippen molar-refractivity contribution in [3.8, 4) is 0 Å². The molecule has 0 aromatic carbocycles. The molecule has 0 aliphatic carbocycles. The van der Waals surface area contributed by atoms with Gasteiger partial charge in [0, 0.05) is 6.54 Å². The topological polar surface area (TPSA) is 29.1 Å². The zero-order chi connectivity index (χ0) is 8.69. The number of carbonyl (C=O) groups excluding carboxylic acids is 1. The van der Waals surface area contributed by atoms with Crippen LogP contribution in [0.3, 0.4) is 0 Å². The van der Waals surface area contributed by atoms with Gasteiger partial charge in [0.15, 0.2) is 0 Å². The quantitative estimate of drug-likeness (QED) is 0.467. The zero-order valence-electron chi connectivity index (χ0n) is 6.60. The molecule has 1 N–H and O–H groups in total. The van der Waals surface area contributed by atoms with E-state index in [-0.39, 0.29) is 5.91 Å². The molecule has 0 atom stereocenters. The number of carbonyl (C=O) groups is 1. The summed E-state index contributed by atoms with van der Waals surface area (Å²) in [5.74, 6) is -0.151. The normalized spacial score (nSPS) is 8.36. The van der Waals surface area contributed by atoms with Gasteiger partial charge < -0.3 is 5.32 Å². The smallest absolute Gasteiger partial charge is 0.243 e. The van der Waals surface area contributed by atoms with E-state index in [9.17, 15) is 4.79 Å². The fourth-order valence-electron chi connectivity index (χ4n) is 0.520. The second-order valence-electron chi connectivity index (χ2n) is 2.11. The summed E-state index contributed by atoms with van der Waals surface area (Å²) < 4.78 is 0. The molecule has 0 spiro atoms. The van der Waals surface area contributed by atoms with Gasteiger partial charge in [-0.1, -0.05) is 31.4 Å². The first-order valence-electron chi connectivity index (χ1n) is 3.41. The lowest BCUT2D eigenvalue weighted by Gasteiger charge is -2.00. The van der Waals surface area contributed by atoms with Crippen molar-refractivity contribution in [3.63, 3.8) is 0 Å². The van der Waals surface area contributed by atoms with Crippen molar-refractivity contribution in [2.75, 3.05) is 6.54 Å².